The molecule has 0 atom stereocenters. The lowest BCUT2D eigenvalue weighted by atomic mass is 10.0. The Morgan fingerprint density at radius 1 is 1.05 bits per heavy atom. The van der Waals surface area contributed by atoms with Crippen molar-refractivity contribution >= 4 is 22.7 Å². The van der Waals surface area contributed by atoms with Crippen molar-refractivity contribution in [3.63, 3.8) is 0 Å². The Kier molecular flexibility index (Phi) is 5.11. The lowest BCUT2D eigenvalue weighted by Crippen LogP contribution is -2.45. The van der Waals surface area contributed by atoms with E-state index in [0.29, 0.717) is 18.1 Å². The van der Waals surface area contributed by atoms with Crippen LogP contribution in [0.5, 0.6) is 0 Å². The van der Waals surface area contributed by atoms with Gasteiger partial charge in [0.1, 0.15) is 0 Å². The molecule has 0 spiro atoms. The monoisotopic (exact) mass is 320 g/mol. The van der Waals surface area contributed by atoms with Crippen LogP contribution in [0.15, 0.2) is 35.0 Å². The van der Waals surface area contributed by atoms with E-state index in [1.807, 2.05) is 22.7 Å². The van der Waals surface area contributed by atoms with Gasteiger partial charge in [-0.25, -0.2) is 0 Å². The second kappa shape index (κ2) is 7.05. The largest absolute Gasteiger partial charge is 0.302 e. The number of likely N-dealkylation sites (tertiary alicyclic amines) is 1. The Morgan fingerprint density at radius 3 is 2.05 bits per heavy atom. The van der Waals surface area contributed by atoms with E-state index in [9.17, 15) is 0 Å². The molecular weight excluding hydrogens is 296 g/mol. The third-order valence-electron chi connectivity index (χ3n) is 4.32. The standard InChI is InChI=1S/C17H24N2S2/c1-13(2)19-9-7-14(8-10-19)18-17(15-5-3-11-20-15)16-6-4-12-21-16/h3-6,11-14,17-18H,7-10H2,1-2H3. The first-order valence-corrected chi connectivity index (χ1v) is 9.57. The van der Waals surface area contributed by atoms with Crippen LogP contribution in [0.2, 0.25) is 0 Å². The maximum atomic E-state index is 3.91. The van der Waals surface area contributed by atoms with Crippen LogP contribution in [0.3, 0.4) is 0 Å². The molecular formula is C17H24N2S2. The molecule has 4 heteroatoms. The molecule has 0 radical (unpaired) electrons. The van der Waals surface area contributed by atoms with Crippen molar-refractivity contribution in [2.75, 3.05) is 13.1 Å². The number of rotatable bonds is 5. The van der Waals surface area contributed by atoms with Crippen molar-refractivity contribution in [2.45, 2.75) is 44.8 Å². The molecule has 0 amide bonds. The summed E-state index contributed by atoms with van der Waals surface area (Å²) < 4.78 is 0. The fraction of sp³-hybridized carbons (Fsp3) is 0.529. The Labute approximate surface area is 135 Å². The van der Waals surface area contributed by atoms with E-state index in [1.54, 1.807) is 0 Å². The molecule has 2 aromatic heterocycles. The molecule has 21 heavy (non-hydrogen) atoms. The predicted octanol–water partition coefficient (Wildman–Crippen LogP) is 4.36. The van der Waals surface area contributed by atoms with E-state index in [0.717, 1.165) is 0 Å². The summed E-state index contributed by atoms with van der Waals surface area (Å²) >= 11 is 3.71. The van der Waals surface area contributed by atoms with Gasteiger partial charge >= 0.3 is 0 Å². The van der Waals surface area contributed by atoms with Crippen molar-refractivity contribution in [1.29, 1.82) is 0 Å². The highest BCUT2D eigenvalue weighted by molar-refractivity contribution is 7.11. The number of thiophene rings is 2. The summed E-state index contributed by atoms with van der Waals surface area (Å²) in [4.78, 5) is 5.45. The smallest absolute Gasteiger partial charge is 0.0767 e. The van der Waals surface area contributed by atoms with Crippen molar-refractivity contribution in [2.24, 2.45) is 0 Å². The predicted molar refractivity (Wildman–Crippen MR) is 93.3 cm³/mol. The summed E-state index contributed by atoms with van der Waals surface area (Å²) in [7, 11) is 0. The van der Waals surface area contributed by atoms with Crippen molar-refractivity contribution in [3.8, 4) is 0 Å². The lowest BCUT2D eigenvalue weighted by molar-refractivity contribution is 0.158. The molecule has 2 aromatic rings. The van der Waals surface area contributed by atoms with Crippen LogP contribution in [-0.4, -0.2) is 30.1 Å². The van der Waals surface area contributed by atoms with Crippen molar-refractivity contribution in [1.82, 2.24) is 10.2 Å². The van der Waals surface area contributed by atoms with Gasteiger partial charge in [-0.3, -0.25) is 0 Å². The van der Waals surface area contributed by atoms with Crippen LogP contribution >= 0.6 is 22.7 Å². The van der Waals surface area contributed by atoms with Gasteiger partial charge in [0.05, 0.1) is 6.04 Å². The van der Waals surface area contributed by atoms with Crippen molar-refractivity contribution in [3.05, 3.63) is 44.8 Å². The van der Waals surface area contributed by atoms with Gasteiger partial charge in [-0.05, 0) is 62.7 Å². The number of hydrogen-bond acceptors (Lipinski definition) is 4. The molecule has 114 valence electrons. The minimum Gasteiger partial charge on any atom is -0.302 e. The summed E-state index contributed by atoms with van der Waals surface area (Å²) in [6.45, 7) is 7.04. The highest BCUT2D eigenvalue weighted by atomic mass is 32.1. The first-order valence-electron chi connectivity index (χ1n) is 7.81. The number of hydrogen-bond donors (Lipinski definition) is 1. The molecule has 1 saturated heterocycles. The zero-order valence-corrected chi connectivity index (χ0v) is 14.4. The molecule has 1 fully saturated rings. The topological polar surface area (TPSA) is 15.3 Å². The first-order chi connectivity index (χ1) is 10.2. The number of nitrogens with one attached hydrogen (secondary N) is 1. The molecule has 2 nitrogen and oxygen atoms in total. The maximum absolute atomic E-state index is 3.91. The molecule has 0 saturated carbocycles. The summed E-state index contributed by atoms with van der Waals surface area (Å²) in [6.07, 6.45) is 2.51. The molecule has 0 aliphatic carbocycles. The van der Waals surface area contributed by atoms with Gasteiger partial charge in [-0.15, -0.1) is 22.7 Å². The van der Waals surface area contributed by atoms with Gasteiger partial charge in [0, 0.05) is 21.8 Å². The highest BCUT2D eigenvalue weighted by Crippen LogP contribution is 2.30. The maximum Gasteiger partial charge on any atom is 0.0767 e. The highest BCUT2D eigenvalue weighted by Gasteiger charge is 2.25. The SMILES string of the molecule is CC(C)N1CCC(NC(c2cccs2)c2cccs2)CC1. The third-order valence-corrected chi connectivity index (χ3v) is 6.19. The minimum absolute atomic E-state index is 0.376. The zero-order valence-electron chi connectivity index (χ0n) is 12.8. The van der Waals surface area contributed by atoms with Crippen LogP contribution in [0.4, 0.5) is 0 Å². The fourth-order valence-corrected chi connectivity index (χ4v) is 4.71. The fourth-order valence-electron chi connectivity index (χ4n) is 3.03. The molecule has 0 bridgehead atoms. The Balaban J connectivity index is 1.66. The summed E-state index contributed by atoms with van der Waals surface area (Å²) in [5.74, 6) is 0. The second-order valence-electron chi connectivity index (χ2n) is 6.03. The van der Waals surface area contributed by atoms with Gasteiger partial charge in [-0.2, -0.15) is 0 Å². The number of nitrogens with zero attached hydrogens (tertiary/aromatic N) is 1. The second-order valence-corrected chi connectivity index (χ2v) is 7.99. The van der Waals surface area contributed by atoms with E-state index in [-0.39, 0.29) is 0 Å². The van der Waals surface area contributed by atoms with Crippen LogP contribution in [0.25, 0.3) is 0 Å². The van der Waals surface area contributed by atoms with Gasteiger partial charge < -0.3 is 10.2 Å². The van der Waals surface area contributed by atoms with Gasteiger partial charge in [0.15, 0.2) is 0 Å². The summed E-state index contributed by atoms with van der Waals surface area (Å²) in [6, 6.07) is 10.5. The lowest BCUT2D eigenvalue weighted by Gasteiger charge is -2.36. The van der Waals surface area contributed by atoms with Crippen LogP contribution in [-0.2, 0) is 0 Å². The van der Waals surface area contributed by atoms with Gasteiger partial charge in [0.25, 0.3) is 0 Å². The van der Waals surface area contributed by atoms with Crippen LogP contribution < -0.4 is 5.32 Å². The molecule has 3 rings (SSSR count). The Hall–Kier alpha value is -0.680. The van der Waals surface area contributed by atoms with Crippen LogP contribution in [0.1, 0.15) is 42.5 Å². The van der Waals surface area contributed by atoms with E-state index in [1.165, 1.54) is 35.7 Å². The summed E-state index contributed by atoms with van der Waals surface area (Å²) in [5, 5.41) is 8.27. The summed E-state index contributed by atoms with van der Waals surface area (Å²) in [5.41, 5.74) is 0. The zero-order chi connectivity index (χ0) is 14.7. The Bertz CT molecular complexity index is 477. The molecule has 1 N–H and O–H groups in total. The minimum atomic E-state index is 0.376. The van der Waals surface area contributed by atoms with E-state index in [2.05, 4.69) is 59.1 Å². The molecule has 3 heterocycles. The Morgan fingerprint density at radius 2 is 1.62 bits per heavy atom. The molecule has 0 aromatic carbocycles. The van der Waals surface area contributed by atoms with E-state index in [4.69, 9.17) is 0 Å². The van der Waals surface area contributed by atoms with E-state index >= 15 is 0 Å². The first kappa shape index (κ1) is 15.2. The van der Waals surface area contributed by atoms with E-state index < -0.39 is 0 Å². The average molecular weight is 321 g/mol. The molecule has 1 aliphatic heterocycles. The molecule has 1 aliphatic rings. The molecule has 0 unspecified atom stereocenters. The van der Waals surface area contributed by atoms with Crippen molar-refractivity contribution < 1.29 is 0 Å². The van der Waals surface area contributed by atoms with Gasteiger partial charge in [0.2, 0.25) is 0 Å². The number of piperidine rings is 1. The average Bonchev–Trinajstić information content (AvgIpc) is 3.19. The van der Waals surface area contributed by atoms with Crippen LogP contribution in [0, 0.1) is 0 Å². The quantitative estimate of drug-likeness (QED) is 0.880. The van der Waals surface area contributed by atoms with Gasteiger partial charge in [-0.1, -0.05) is 12.1 Å². The normalized spacial score (nSPS) is 17.9. The third kappa shape index (κ3) is 3.75.